The molecule has 0 saturated heterocycles. The van der Waals surface area contributed by atoms with Gasteiger partial charge in [-0.2, -0.15) is 10.4 Å². The van der Waals surface area contributed by atoms with E-state index >= 15 is 0 Å². The molecule has 0 aliphatic carbocycles. The summed E-state index contributed by atoms with van der Waals surface area (Å²) in [4.78, 5) is 0. The van der Waals surface area contributed by atoms with Crippen LogP contribution in [0.15, 0.2) is 12.5 Å². The molecule has 0 unspecified atom stereocenters. The Balaban J connectivity index is 2.87. The first-order valence-electron chi connectivity index (χ1n) is 3.01. The standard InChI is InChI=1S/C7H7N3O/c1-11-3-2-7-6(4-8)5-9-10-7/h2-3,5H,1H3,(H,9,10). The maximum atomic E-state index is 8.52. The minimum Gasteiger partial charge on any atom is -0.504 e. The Kier molecular flexibility index (Phi) is 2.28. The number of methoxy groups -OCH3 is 1. The Labute approximate surface area is 64.1 Å². The smallest absolute Gasteiger partial charge is 0.103 e. The number of nitrogens with one attached hydrogen (secondary N) is 1. The van der Waals surface area contributed by atoms with E-state index in [1.165, 1.54) is 12.5 Å². The normalized spacial score (nSPS) is 9.82. The van der Waals surface area contributed by atoms with Crippen LogP contribution in [0, 0.1) is 11.3 Å². The van der Waals surface area contributed by atoms with E-state index in [9.17, 15) is 0 Å². The molecule has 0 aliphatic heterocycles. The second-order valence-electron chi connectivity index (χ2n) is 1.85. The van der Waals surface area contributed by atoms with Gasteiger partial charge in [-0.1, -0.05) is 0 Å². The zero-order valence-electron chi connectivity index (χ0n) is 6.03. The zero-order valence-corrected chi connectivity index (χ0v) is 6.03. The maximum Gasteiger partial charge on any atom is 0.103 e. The number of rotatable bonds is 2. The van der Waals surface area contributed by atoms with Gasteiger partial charge < -0.3 is 4.74 Å². The Bertz CT molecular complexity index is 295. The first kappa shape index (κ1) is 7.35. The fourth-order valence-electron chi connectivity index (χ4n) is 0.648. The lowest BCUT2D eigenvalue weighted by Gasteiger charge is -1.86. The van der Waals surface area contributed by atoms with Gasteiger partial charge in [-0.3, -0.25) is 5.10 Å². The summed E-state index contributed by atoms with van der Waals surface area (Å²) in [6.07, 6.45) is 4.59. The van der Waals surface area contributed by atoms with Crippen molar-refractivity contribution in [1.82, 2.24) is 10.2 Å². The van der Waals surface area contributed by atoms with Gasteiger partial charge in [0.25, 0.3) is 0 Å². The quantitative estimate of drug-likeness (QED) is 0.635. The lowest BCUT2D eigenvalue weighted by atomic mass is 10.3. The highest BCUT2D eigenvalue weighted by Gasteiger charge is 1.98. The lowest BCUT2D eigenvalue weighted by Crippen LogP contribution is -1.76. The molecule has 1 aromatic rings. The lowest BCUT2D eigenvalue weighted by molar-refractivity contribution is 0.341. The number of nitriles is 1. The number of ether oxygens (including phenoxy) is 1. The third kappa shape index (κ3) is 1.58. The van der Waals surface area contributed by atoms with Crippen LogP contribution in [0.4, 0.5) is 0 Å². The molecule has 56 valence electrons. The molecule has 0 bridgehead atoms. The van der Waals surface area contributed by atoms with Gasteiger partial charge in [0.15, 0.2) is 0 Å². The SMILES string of the molecule is COC=Cc1[nH]ncc1C#N. The molecule has 1 aromatic heterocycles. The summed E-state index contributed by atoms with van der Waals surface area (Å²) in [5.74, 6) is 0. The fourth-order valence-corrected chi connectivity index (χ4v) is 0.648. The van der Waals surface area contributed by atoms with E-state index in [2.05, 4.69) is 14.9 Å². The van der Waals surface area contributed by atoms with Crippen molar-refractivity contribution in [2.75, 3.05) is 7.11 Å². The number of aromatic nitrogens is 2. The van der Waals surface area contributed by atoms with Crippen LogP contribution in [0.1, 0.15) is 11.3 Å². The van der Waals surface area contributed by atoms with Gasteiger partial charge in [0.1, 0.15) is 6.07 Å². The van der Waals surface area contributed by atoms with Crippen molar-refractivity contribution >= 4 is 6.08 Å². The van der Waals surface area contributed by atoms with Gasteiger partial charge >= 0.3 is 0 Å². The van der Waals surface area contributed by atoms with Crippen molar-refractivity contribution in [2.24, 2.45) is 0 Å². The molecule has 0 fully saturated rings. The molecule has 1 N–H and O–H groups in total. The fraction of sp³-hybridized carbons (Fsp3) is 0.143. The molecule has 0 radical (unpaired) electrons. The van der Waals surface area contributed by atoms with Crippen LogP contribution in [0.5, 0.6) is 0 Å². The second-order valence-corrected chi connectivity index (χ2v) is 1.85. The summed E-state index contributed by atoms with van der Waals surface area (Å²) in [6, 6.07) is 1.98. The molecule has 0 saturated carbocycles. The van der Waals surface area contributed by atoms with Gasteiger partial charge in [0.2, 0.25) is 0 Å². The van der Waals surface area contributed by atoms with E-state index in [0.717, 1.165) is 0 Å². The van der Waals surface area contributed by atoms with Crippen molar-refractivity contribution < 1.29 is 4.74 Å². The van der Waals surface area contributed by atoms with Gasteiger partial charge in [-0.25, -0.2) is 0 Å². The van der Waals surface area contributed by atoms with E-state index in [4.69, 9.17) is 5.26 Å². The molecule has 0 aliphatic rings. The molecular formula is C7H7N3O. The average molecular weight is 149 g/mol. The molecule has 0 atom stereocenters. The summed E-state index contributed by atoms with van der Waals surface area (Å²) in [6.45, 7) is 0. The van der Waals surface area contributed by atoms with Crippen molar-refractivity contribution in [3.05, 3.63) is 23.7 Å². The number of H-pyrrole nitrogens is 1. The Morgan fingerprint density at radius 2 is 2.64 bits per heavy atom. The van der Waals surface area contributed by atoms with Crippen molar-refractivity contribution in [2.45, 2.75) is 0 Å². The van der Waals surface area contributed by atoms with Gasteiger partial charge in [-0.05, 0) is 6.08 Å². The van der Waals surface area contributed by atoms with Crippen LogP contribution in [-0.4, -0.2) is 17.3 Å². The summed E-state index contributed by atoms with van der Waals surface area (Å²) >= 11 is 0. The largest absolute Gasteiger partial charge is 0.504 e. The summed E-state index contributed by atoms with van der Waals surface area (Å²) in [5.41, 5.74) is 1.17. The Hall–Kier alpha value is -1.76. The molecule has 0 amide bonds. The van der Waals surface area contributed by atoms with Crippen molar-refractivity contribution in [3.63, 3.8) is 0 Å². The minimum absolute atomic E-state index is 0.512. The second kappa shape index (κ2) is 3.42. The zero-order chi connectivity index (χ0) is 8.10. The van der Waals surface area contributed by atoms with Crippen LogP contribution in [0.3, 0.4) is 0 Å². The number of nitrogens with zero attached hydrogens (tertiary/aromatic N) is 2. The highest BCUT2D eigenvalue weighted by atomic mass is 16.5. The van der Waals surface area contributed by atoms with Gasteiger partial charge in [0, 0.05) is 0 Å². The monoisotopic (exact) mass is 149 g/mol. The van der Waals surface area contributed by atoms with Crippen LogP contribution in [0.2, 0.25) is 0 Å². The van der Waals surface area contributed by atoms with Gasteiger partial charge in [-0.15, -0.1) is 0 Å². The van der Waals surface area contributed by atoms with E-state index in [1.807, 2.05) is 6.07 Å². The van der Waals surface area contributed by atoms with Crippen LogP contribution in [-0.2, 0) is 4.74 Å². The molecule has 11 heavy (non-hydrogen) atoms. The van der Waals surface area contributed by atoms with E-state index in [0.29, 0.717) is 11.3 Å². The van der Waals surface area contributed by atoms with Crippen LogP contribution >= 0.6 is 0 Å². The van der Waals surface area contributed by atoms with Crippen molar-refractivity contribution in [3.8, 4) is 6.07 Å². The molecule has 0 aromatic carbocycles. The molecule has 1 rings (SSSR count). The molecule has 1 heterocycles. The molecule has 4 nitrogen and oxygen atoms in total. The number of hydrogen-bond acceptors (Lipinski definition) is 3. The predicted octanol–water partition coefficient (Wildman–Crippen LogP) is 0.898. The third-order valence-electron chi connectivity index (χ3n) is 1.16. The highest BCUT2D eigenvalue weighted by Crippen LogP contribution is 2.03. The summed E-state index contributed by atoms with van der Waals surface area (Å²) in [7, 11) is 1.54. The number of hydrogen-bond donors (Lipinski definition) is 1. The third-order valence-corrected chi connectivity index (χ3v) is 1.16. The van der Waals surface area contributed by atoms with E-state index in [-0.39, 0.29) is 0 Å². The Morgan fingerprint density at radius 3 is 3.27 bits per heavy atom. The summed E-state index contributed by atoms with van der Waals surface area (Å²) < 4.78 is 4.68. The van der Waals surface area contributed by atoms with E-state index < -0.39 is 0 Å². The van der Waals surface area contributed by atoms with Crippen LogP contribution < -0.4 is 0 Å². The highest BCUT2D eigenvalue weighted by molar-refractivity contribution is 5.51. The van der Waals surface area contributed by atoms with E-state index in [1.54, 1.807) is 13.2 Å². The number of aromatic amines is 1. The maximum absolute atomic E-state index is 8.52. The van der Waals surface area contributed by atoms with Gasteiger partial charge in [0.05, 0.1) is 30.8 Å². The molecule has 0 spiro atoms. The van der Waals surface area contributed by atoms with Crippen LogP contribution in [0.25, 0.3) is 6.08 Å². The molecule has 4 heteroatoms. The molecular weight excluding hydrogens is 142 g/mol. The first-order valence-corrected chi connectivity index (χ1v) is 3.01. The summed E-state index contributed by atoms with van der Waals surface area (Å²) in [5, 5.41) is 14.9. The predicted molar refractivity (Wildman–Crippen MR) is 39.3 cm³/mol. The first-order chi connectivity index (χ1) is 5.38. The average Bonchev–Trinajstić information content (AvgIpc) is 2.47. The Morgan fingerprint density at radius 1 is 1.82 bits per heavy atom. The topological polar surface area (TPSA) is 61.7 Å². The van der Waals surface area contributed by atoms with Crippen molar-refractivity contribution in [1.29, 1.82) is 5.26 Å². The minimum atomic E-state index is 0.512.